The van der Waals surface area contributed by atoms with E-state index >= 15 is 0 Å². The van der Waals surface area contributed by atoms with E-state index in [1.165, 1.54) is 80.2 Å². The number of hydrogen-bond acceptors (Lipinski definition) is 1. The second-order valence-corrected chi connectivity index (χ2v) is 14.4. The molecule has 0 bridgehead atoms. The molecule has 0 unspecified atom stereocenters. The van der Waals surface area contributed by atoms with E-state index in [1.54, 1.807) is 0 Å². The van der Waals surface area contributed by atoms with Gasteiger partial charge in [-0.3, -0.25) is 0 Å². The van der Waals surface area contributed by atoms with Crippen molar-refractivity contribution in [2.24, 2.45) is 0 Å². The molecule has 2 heteroatoms. The summed E-state index contributed by atoms with van der Waals surface area (Å²) >= 11 is 0.258. The van der Waals surface area contributed by atoms with E-state index in [9.17, 15) is 0 Å². The van der Waals surface area contributed by atoms with Crippen molar-refractivity contribution < 1.29 is 0 Å². The Balaban J connectivity index is 1.27. The van der Waals surface area contributed by atoms with Crippen molar-refractivity contribution in [2.45, 2.75) is 19.3 Å². The molecule has 204 valence electrons. The van der Waals surface area contributed by atoms with Gasteiger partial charge in [0.2, 0.25) is 0 Å². The van der Waals surface area contributed by atoms with E-state index in [2.05, 4.69) is 158 Å². The molecule has 0 saturated carbocycles. The van der Waals surface area contributed by atoms with Crippen LogP contribution in [0.1, 0.15) is 25.0 Å². The molecular formula is C41H29NSe. The van der Waals surface area contributed by atoms with Crippen LogP contribution in [-0.2, 0) is 5.41 Å². The van der Waals surface area contributed by atoms with Crippen LogP contribution in [0.5, 0.6) is 0 Å². The standard InChI is InChI=1S/C41H29NSe/c1-41(2)36-15-9-8-14-32(36)33-22-19-30(25-37(33)41)42(28-11-4-3-5-12-28)29-20-23-38-35(24-29)34-21-18-27-17-16-26-10-6-7-13-31(26)39(27)40(34)43-38/h3-25H,1-2H3. The molecule has 43 heavy (non-hydrogen) atoms. The van der Waals surface area contributed by atoms with Crippen LogP contribution in [0.3, 0.4) is 0 Å². The van der Waals surface area contributed by atoms with Crippen molar-refractivity contribution >= 4 is 72.4 Å². The SMILES string of the molecule is CC1(C)c2ccccc2-c2ccc(N(c3ccccc3)c3ccc4[se]c5c(ccc6ccc7ccccc7c65)c4c3)cc21. The molecular weight excluding hydrogens is 585 g/mol. The maximum atomic E-state index is 2.43. The molecule has 8 aromatic rings. The summed E-state index contributed by atoms with van der Waals surface area (Å²) in [6, 6.07) is 51.9. The molecule has 1 aliphatic rings. The van der Waals surface area contributed by atoms with Gasteiger partial charge in [-0.1, -0.05) is 0 Å². The molecule has 0 N–H and O–H groups in total. The summed E-state index contributed by atoms with van der Waals surface area (Å²) in [5.41, 5.74) is 9.01. The van der Waals surface area contributed by atoms with Crippen LogP contribution in [-0.4, -0.2) is 14.5 Å². The molecule has 0 spiro atoms. The van der Waals surface area contributed by atoms with Crippen molar-refractivity contribution in [3.63, 3.8) is 0 Å². The van der Waals surface area contributed by atoms with Crippen molar-refractivity contribution in [3.8, 4) is 11.1 Å². The van der Waals surface area contributed by atoms with E-state index in [-0.39, 0.29) is 19.9 Å². The molecule has 0 fully saturated rings. The van der Waals surface area contributed by atoms with E-state index < -0.39 is 0 Å². The van der Waals surface area contributed by atoms with Gasteiger partial charge in [0.25, 0.3) is 0 Å². The minimum absolute atomic E-state index is 0.0481. The second-order valence-electron chi connectivity index (χ2n) is 12.2. The molecule has 0 aliphatic heterocycles. The predicted molar refractivity (Wildman–Crippen MR) is 186 cm³/mol. The first kappa shape index (κ1) is 24.9. The van der Waals surface area contributed by atoms with Gasteiger partial charge in [-0.2, -0.15) is 0 Å². The molecule has 1 nitrogen and oxygen atoms in total. The van der Waals surface area contributed by atoms with Gasteiger partial charge in [-0.15, -0.1) is 0 Å². The summed E-state index contributed by atoms with van der Waals surface area (Å²) < 4.78 is 2.97. The fraction of sp³-hybridized carbons (Fsp3) is 0.0732. The summed E-state index contributed by atoms with van der Waals surface area (Å²) in [6.07, 6.45) is 0. The number of fused-ring (bicyclic) bond motifs is 10. The van der Waals surface area contributed by atoms with Gasteiger partial charge < -0.3 is 0 Å². The molecule has 0 atom stereocenters. The Morgan fingerprint density at radius 2 is 1.19 bits per heavy atom. The van der Waals surface area contributed by atoms with Crippen LogP contribution in [0.25, 0.3) is 52.0 Å². The van der Waals surface area contributed by atoms with E-state index in [0.29, 0.717) is 0 Å². The van der Waals surface area contributed by atoms with Crippen molar-refractivity contribution in [1.82, 2.24) is 0 Å². The number of hydrogen-bond donors (Lipinski definition) is 0. The molecule has 0 saturated heterocycles. The summed E-state index contributed by atoms with van der Waals surface area (Å²) in [6.45, 7) is 4.72. The Bertz CT molecular complexity index is 2380. The third-order valence-electron chi connectivity index (χ3n) is 9.43. The Hall–Kier alpha value is -4.62. The van der Waals surface area contributed by atoms with Gasteiger partial charge >= 0.3 is 258 Å². The number of rotatable bonds is 3. The average Bonchev–Trinajstić information content (AvgIpc) is 3.53. The van der Waals surface area contributed by atoms with Crippen LogP contribution < -0.4 is 4.90 Å². The topological polar surface area (TPSA) is 3.24 Å². The van der Waals surface area contributed by atoms with Crippen LogP contribution in [0.15, 0.2) is 140 Å². The first-order valence-corrected chi connectivity index (χ1v) is 16.7. The summed E-state index contributed by atoms with van der Waals surface area (Å²) in [5, 5.41) is 8.19. The monoisotopic (exact) mass is 615 g/mol. The molecule has 0 amide bonds. The van der Waals surface area contributed by atoms with Crippen LogP contribution >= 0.6 is 0 Å². The second kappa shape index (κ2) is 9.19. The molecule has 1 heterocycles. The van der Waals surface area contributed by atoms with E-state index in [1.807, 2.05) is 0 Å². The molecule has 1 aromatic heterocycles. The normalized spacial score (nSPS) is 13.5. The van der Waals surface area contributed by atoms with Crippen molar-refractivity contribution in [1.29, 1.82) is 0 Å². The Labute approximate surface area is 257 Å². The number of nitrogens with zero attached hydrogens (tertiary/aromatic N) is 1. The maximum absolute atomic E-state index is 2.43. The fourth-order valence-electron chi connectivity index (χ4n) is 7.30. The summed E-state index contributed by atoms with van der Waals surface area (Å²) in [5.74, 6) is 0. The zero-order chi connectivity index (χ0) is 28.7. The van der Waals surface area contributed by atoms with Crippen molar-refractivity contribution in [2.75, 3.05) is 4.90 Å². The van der Waals surface area contributed by atoms with Gasteiger partial charge in [-0.05, 0) is 0 Å². The van der Waals surface area contributed by atoms with Gasteiger partial charge in [0.15, 0.2) is 0 Å². The van der Waals surface area contributed by atoms with Gasteiger partial charge in [-0.25, -0.2) is 0 Å². The first-order valence-electron chi connectivity index (χ1n) is 14.9. The Morgan fingerprint density at radius 1 is 0.488 bits per heavy atom. The minimum atomic E-state index is -0.0481. The molecule has 9 rings (SSSR count). The third kappa shape index (κ3) is 3.64. The first-order chi connectivity index (χ1) is 21.1. The van der Waals surface area contributed by atoms with Crippen LogP contribution in [0.4, 0.5) is 17.1 Å². The zero-order valence-corrected chi connectivity index (χ0v) is 25.8. The molecule has 0 radical (unpaired) electrons. The number of benzene rings is 7. The van der Waals surface area contributed by atoms with Crippen molar-refractivity contribution in [3.05, 3.63) is 151 Å². The van der Waals surface area contributed by atoms with E-state index in [4.69, 9.17) is 0 Å². The Kier molecular flexibility index (Phi) is 5.33. The van der Waals surface area contributed by atoms with E-state index in [0.717, 1.165) is 0 Å². The summed E-state index contributed by atoms with van der Waals surface area (Å²) in [7, 11) is 0. The van der Waals surface area contributed by atoms with Crippen LogP contribution in [0, 0.1) is 0 Å². The van der Waals surface area contributed by atoms with Gasteiger partial charge in [0.1, 0.15) is 0 Å². The summed E-state index contributed by atoms with van der Waals surface area (Å²) in [4.78, 5) is 2.43. The van der Waals surface area contributed by atoms with Gasteiger partial charge in [0, 0.05) is 0 Å². The zero-order valence-electron chi connectivity index (χ0n) is 24.1. The predicted octanol–water partition coefficient (Wildman–Crippen LogP) is 11.1. The average molecular weight is 615 g/mol. The quantitative estimate of drug-likeness (QED) is 0.141. The number of anilines is 3. The van der Waals surface area contributed by atoms with Crippen LogP contribution in [0.2, 0.25) is 0 Å². The number of para-hydroxylation sites is 1. The third-order valence-corrected chi connectivity index (χ3v) is 12.0. The van der Waals surface area contributed by atoms with Gasteiger partial charge in [0.05, 0.1) is 0 Å². The Morgan fingerprint density at radius 3 is 2.09 bits per heavy atom. The molecule has 1 aliphatic carbocycles. The fourth-order valence-corrected chi connectivity index (χ4v) is 9.93. The molecule has 7 aromatic carbocycles.